The van der Waals surface area contributed by atoms with Crippen LogP contribution in [0.3, 0.4) is 0 Å². The predicted molar refractivity (Wildman–Crippen MR) is 93.6 cm³/mol. The molecular formula is C17H16BrCl2N. The number of hydrogen-bond donors (Lipinski definition) is 1. The summed E-state index contributed by atoms with van der Waals surface area (Å²) in [5.41, 5.74) is 2.48. The molecule has 21 heavy (non-hydrogen) atoms. The normalized spacial score (nSPS) is 22.2. The first kappa shape index (κ1) is 15.4. The Morgan fingerprint density at radius 2 is 1.71 bits per heavy atom. The third-order valence-electron chi connectivity index (χ3n) is 4.17. The summed E-state index contributed by atoms with van der Waals surface area (Å²) in [6.45, 7) is 1.96. The largest absolute Gasteiger partial charge is 0.316 e. The Morgan fingerprint density at radius 3 is 2.52 bits per heavy atom. The maximum atomic E-state index is 6.46. The van der Waals surface area contributed by atoms with Crippen LogP contribution in [0.15, 0.2) is 46.9 Å². The minimum Gasteiger partial charge on any atom is -0.316 e. The summed E-state index contributed by atoms with van der Waals surface area (Å²) in [5.74, 6) is 0.779. The Kier molecular flexibility index (Phi) is 4.90. The van der Waals surface area contributed by atoms with Crippen molar-refractivity contribution >= 4 is 39.1 Å². The number of piperidine rings is 1. The molecule has 0 amide bonds. The summed E-state index contributed by atoms with van der Waals surface area (Å²) in [7, 11) is 0. The first-order valence-corrected chi connectivity index (χ1v) is 8.62. The Labute approximate surface area is 143 Å². The Hall–Kier alpha value is -0.540. The molecule has 2 atom stereocenters. The molecule has 1 heterocycles. The second-order valence-corrected chi connectivity index (χ2v) is 7.01. The molecule has 2 aromatic rings. The van der Waals surface area contributed by atoms with Crippen molar-refractivity contribution in [1.29, 1.82) is 0 Å². The maximum Gasteiger partial charge on any atom is 0.0627 e. The van der Waals surface area contributed by atoms with Gasteiger partial charge in [0.25, 0.3) is 0 Å². The fourth-order valence-corrected chi connectivity index (χ4v) is 4.17. The van der Waals surface area contributed by atoms with Gasteiger partial charge in [0.05, 0.1) is 10.0 Å². The molecule has 0 spiro atoms. The molecule has 4 heteroatoms. The quantitative estimate of drug-likeness (QED) is 0.708. The monoisotopic (exact) mass is 383 g/mol. The lowest BCUT2D eigenvalue weighted by molar-refractivity contribution is 0.403. The number of nitrogens with one attached hydrogen (secondary N) is 1. The molecule has 110 valence electrons. The zero-order valence-electron chi connectivity index (χ0n) is 11.5. The van der Waals surface area contributed by atoms with E-state index in [1.807, 2.05) is 18.2 Å². The molecule has 0 radical (unpaired) electrons. The molecule has 3 rings (SSSR count). The van der Waals surface area contributed by atoms with Gasteiger partial charge in [-0.1, -0.05) is 69.5 Å². The molecule has 1 fully saturated rings. The van der Waals surface area contributed by atoms with E-state index in [0.29, 0.717) is 21.9 Å². The van der Waals surface area contributed by atoms with Crippen molar-refractivity contribution in [3.8, 4) is 0 Å². The first-order chi connectivity index (χ1) is 10.2. The van der Waals surface area contributed by atoms with Crippen LogP contribution >= 0.6 is 39.1 Å². The zero-order valence-corrected chi connectivity index (χ0v) is 14.5. The van der Waals surface area contributed by atoms with E-state index in [9.17, 15) is 0 Å². The van der Waals surface area contributed by atoms with Gasteiger partial charge in [0, 0.05) is 16.9 Å². The van der Waals surface area contributed by atoms with E-state index in [-0.39, 0.29) is 0 Å². The lowest BCUT2D eigenvalue weighted by Gasteiger charge is -2.34. The van der Waals surface area contributed by atoms with Crippen molar-refractivity contribution < 1.29 is 0 Å². The summed E-state index contributed by atoms with van der Waals surface area (Å²) in [5, 5.41) is 4.83. The Balaban J connectivity index is 2.03. The van der Waals surface area contributed by atoms with Crippen LogP contribution in [0.2, 0.25) is 10.0 Å². The van der Waals surface area contributed by atoms with Crippen LogP contribution in [-0.4, -0.2) is 13.1 Å². The van der Waals surface area contributed by atoms with Gasteiger partial charge in [-0.15, -0.1) is 0 Å². The van der Waals surface area contributed by atoms with Crippen LogP contribution in [-0.2, 0) is 0 Å². The van der Waals surface area contributed by atoms with Crippen molar-refractivity contribution in [2.75, 3.05) is 13.1 Å². The van der Waals surface area contributed by atoms with E-state index in [0.717, 1.165) is 29.5 Å². The lowest BCUT2D eigenvalue weighted by Crippen LogP contribution is -2.34. The molecule has 2 aromatic carbocycles. The molecule has 0 saturated carbocycles. The Bertz CT molecular complexity index is 644. The molecule has 0 aromatic heterocycles. The summed E-state index contributed by atoms with van der Waals surface area (Å²) < 4.78 is 1.15. The average Bonchev–Trinajstić information content (AvgIpc) is 2.51. The standard InChI is InChI=1S/C17H16BrCl2N/c18-15-6-2-1-4-12(15)14-10-21-9-8-11(14)13-5-3-7-16(19)17(13)20/h1-7,11,14,21H,8-10H2. The molecular weight excluding hydrogens is 369 g/mol. The van der Waals surface area contributed by atoms with E-state index in [4.69, 9.17) is 23.2 Å². The van der Waals surface area contributed by atoms with Crippen molar-refractivity contribution in [2.24, 2.45) is 0 Å². The van der Waals surface area contributed by atoms with Gasteiger partial charge in [-0.05, 0) is 42.1 Å². The SMILES string of the molecule is Clc1cccc(C2CCNCC2c2ccccc2Br)c1Cl. The van der Waals surface area contributed by atoms with E-state index in [1.165, 1.54) is 5.56 Å². The van der Waals surface area contributed by atoms with Crippen LogP contribution in [0.4, 0.5) is 0 Å². The van der Waals surface area contributed by atoms with Crippen molar-refractivity contribution in [3.05, 3.63) is 68.1 Å². The molecule has 1 nitrogen and oxygen atoms in total. The minimum atomic E-state index is 0.385. The summed E-state index contributed by atoms with van der Waals surface area (Å²) in [6.07, 6.45) is 1.06. The molecule has 1 aliphatic heterocycles. The highest BCUT2D eigenvalue weighted by Gasteiger charge is 2.30. The summed E-state index contributed by atoms with van der Waals surface area (Å²) in [6, 6.07) is 14.4. The molecule has 1 aliphatic rings. The highest BCUT2D eigenvalue weighted by molar-refractivity contribution is 9.10. The zero-order chi connectivity index (χ0) is 14.8. The van der Waals surface area contributed by atoms with Crippen LogP contribution < -0.4 is 5.32 Å². The van der Waals surface area contributed by atoms with Crippen molar-refractivity contribution in [3.63, 3.8) is 0 Å². The van der Waals surface area contributed by atoms with Gasteiger partial charge in [-0.2, -0.15) is 0 Å². The third-order valence-corrected chi connectivity index (χ3v) is 5.72. The van der Waals surface area contributed by atoms with E-state index in [2.05, 4.69) is 45.5 Å². The number of benzene rings is 2. The number of hydrogen-bond acceptors (Lipinski definition) is 1. The van der Waals surface area contributed by atoms with Gasteiger partial charge >= 0.3 is 0 Å². The smallest absolute Gasteiger partial charge is 0.0627 e. The van der Waals surface area contributed by atoms with Gasteiger partial charge in [-0.25, -0.2) is 0 Å². The Morgan fingerprint density at radius 1 is 0.952 bits per heavy atom. The second kappa shape index (κ2) is 6.70. The predicted octanol–water partition coefficient (Wildman–Crippen LogP) is 5.62. The highest BCUT2D eigenvalue weighted by Crippen LogP contribution is 2.43. The summed E-state index contributed by atoms with van der Waals surface area (Å²) >= 11 is 16.3. The number of rotatable bonds is 2. The van der Waals surface area contributed by atoms with Gasteiger partial charge in [0.2, 0.25) is 0 Å². The van der Waals surface area contributed by atoms with E-state index in [1.54, 1.807) is 0 Å². The first-order valence-electron chi connectivity index (χ1n) is 7.07. The van der Waals surface area contributed by atoms with Gasteiger partial charge < -0.3 is 5.32 Å². The summed E-state index contributed by atoms with van der Waals surface area (Å²) in [4.78, 5) is 0. The van der Waals surface area contributed by atoms with Crippen LogP contribution in [0.5, 0.6) is 0 Å². The molecule has 0 aliphatic carbocycles. The van der Waals surface area contributed by atoms with Crippen LogP contribution in [0.1, 0.15) is 29.4 Å². The minimum absolute atomic E-state index is 0.385. The molecule has 1 N–H and O–H groups in total. The fourth-order valence-electron chi connectivity index (χ4n) is 3.14. The number of halogens is 3. The van der Waals surface area contributed by atoms with Crippen molar-refractivity contribution in [2.45, 2.75) is 18.3 Å². The molecule has 0 bridgehead atoms. The van der Waals surface area contributed by atoms with Gasteiger partial charge in [-0.3, -0.25) is 0 Å². The lowest BCUT2D eigenvalue weighted by atomic mass is 9.77. The van der Waals surface area contributed by atoms with Crippen LogP contribution in [0.25, 0.3) is 0 Å². The topological polar surface area (TPSA) is 12.0 Å². The second-order valence-electron chi connectivity index (χ2n) is 5.37. The van der Waals surface area contributed by atoms with E-state index >= 15 is 0 Å². The average molecular weight is 385 g/mol. The fraction of sp³-hybridized carbons (Fsp3) is 0.294. The van der Waals surface area contributed by atoms with Crippen LogP contribution in [0, 0.1) is 0 Å². The molecule has 1 saturated heterocycles. The highest BCUT2D eigenvalue weighted by atomic mass is 79.9. The third kappa shape index (κ3) is 3.14. The van der Waals surface area contributed by atoms with Gasteiger partial charge in [0.15, 0.2) is 0 Å². The van der Waals surface area contributed by atoms with Gasteiger partial charge in [0.1, 0.15) is 0 Å². The maximum absolute atomic E-state index is 6.46. The van der Waals surface area contributed by atoms with E-state index < -0.39 is 0 Å². The molecule has 2 unspecified atom stereocenters. The van der Waals surface area contributed by atoms with Crippen molar-refractivity contribution in [1.82, 2.24) is 5.32 Å².